The van der Waals surface area contributed by atoms with Crippen LogP contribution in [0, 0.1) is 5.82 Å². The van der Waals surface area contributed by atoms with Gasteiger partial charge in [0.2, 0.25) is 0 Å². The Morgan fingerprint density at radius 1 is 0.943 bits per heavy atom. The summed E-state index contributed by atoms with van der Waals surface area (Å²) >= 11 is 0. The third kappa shape index (κ3) is 6.89. The molecule has 2 amide bonds. The third-order valence-electron chi connectivity index (χ3n) is 5.55. The van der Waals surface area contributed by atoms with Crippen molar-refractivity contribution in [3.05, 3.63) is 102 Å². The Hall–Kier alpha value is -4.20. The number of amides is 2. The van der Waals surface area contributed by atoms with Crippen molar-refractivity contribution >= 4 is 23.0 Å². The molecule has 0 aliphatic rings. The first-order chi connectivity index (χ1) is 17.1. The number of hydrogen-bond donors (Lipinski definition) is 3. The quantitative estimate of drug-likeness (QED) is 0.273. The fourth-order valence-corrected chi connectivity index (χ4v) is 3.70. The number of unbranched alkanes of at least 4 members (excludes halogenated alkanes) is 1. The number of hydrogen-bond acceptors (Lipinski definition) is 4. The summed E-state index contributed by atoms with van der Waals surface area (Å²) in [6.07, 6.45) is 1.56. The summed E-state index contributed by atoms with van der Waals surface area (Å²) in [5, 5.41) is 5.75. The Bertz CT molecular complexity index is 1230. The molecule has 7 nitrogen and oxygen atoms in total. The second-order valence-electron chi connectivity index (χ2n) is 8.16. The van der Waals surface area contributed by atoms with E-state index in [1.165, 1.54) is 24.3 Å². The maximum Gasteiger partial charge on any atom is 0.407 e. The highest BCUT2D eigenvalue weighted by molar-refractivity contribution is 5.94. The number of nitrogens with one attached hydrogen (secondary N) is 3. The summed E-state index contributed by atoms with van der Waals surface area (Å²) in [7, 11) is 0. The Morgan fingerprint density at radius 2 is 1.69 bits per heavy atom. The van der Waals surface area contributed by atoms with Gasteiger partial charge in [0.25, 0.3) is 5.91 Å². The number of nitrogens with zero attached hydrogens (tertiary/aromatic N) is 1. The summed E-state index contributed by atoms with van der Waals surface area (Å²) in [6, 6.07) is 22.2. The van der Waals surface area contributed by atoms with Crippen LogP contribution in [0.2, 0.25) is 0 Å². The van der Waals surface area contributed by atoms with Crippen LogP contribution >= 0.6 is 0 Å². The van der Waals surface area contributed by atoms with Crippen molar-refractivity contribution in [1.82, 2.24) is 20.6 Å². The molecule has 0 radical (unpaired) electrons. The van der Waals surface area contributed by atoms with E-state index in [1.807, 2.05) is 54.6 Å². The van der Waals surface area contributed by atoms with Crippen molar-refractivity contribution in [2.24, 2.45) is 0 Å². The highest BCUT2D eigenvalue weighted by Gasteiger charge is 2.19. The number of rotatable bonds is 10. The van der Waals surface area contributed by atoms with Crippen molar-refractivity contribution in [2.45, 2.75) is 31.9 Å². The number of halogens is 1. The molecule has 0 spiro atoms. The monoisotopic (exact) mass is 474 g/mol. The molecule has 4 rings (SSSR count). The van der Waals surface area contributed by atoms with Crippen LogP contribution in [-0.4, -0.2) is 28.5 Å². The van der Waals surface area contributed by atoms with Gasteiger partial charge >= 0.3 is 6.09 Å². The lowest BCUT2D eigenvalue weighted by atomic mass is 10.1. The van der Waals surface area contributed by atoms with Crippen molar-refractivity contribution in [1.29, 1.82) is 0 Å². The molecular weight excluding hydrogens is 447 g/mol. The van der Waals surface area contributed by atoms with Crippen LogP contribution < -0.4 is 10.6 Å². The molecule has 0 saturated heterocycles. The predicted octanol–water partition coefficient (Wildman–Crippen LogP) is 5.27. The number of para-hydroxylation sites is 2. The van der Waals surface area contributed by atoms with Gasteiger partial charge in [-0.3, -0.25) is 4.79 Å². The topological polar surface area (TPSA) is 96.1 Å². The number of carbonyl (C=O) groups is 2. The molecule has 1 heterocycles. The number of carbonyl (C=O) groups excluding carboxylic acids is 2. The number of alkyl carbamates (subject to hydrolysis) is 1. The van der Waals surface area contributed by atoms with Gasteiger partial charge in [-0.15, -0.1) is 0 Å². The van der Waals surface area contributed by atoms with Crippen molar-refractivity contribution in [3.8, 4) is 0 Å². The first-order valence-corrected chi connectivity index (χ1v) is 11.5. The van der Waals surface area contributed by atoms with E-state index in [1.54, 1.807) is 0 Å². The van der Waals surface area contributed by atoms with Crippen molar-refractivity contribution in [2.75, 3.05) is 6.54 Å². The van der Waals surface area contributed by atoms with Gasteiger partial charge in [-0.05, 0) is 61.2 Å². The highest BCUT2D eigenvalue weighted by atomic mass is 19.1. The maximum atomic E-state index is 13.2. The Labute approximate surface area is 202 Å². The average molecular weight is 475 g/mol. The fourth-order valence-electron chi connectivity index (χ4n) is 3.70. The SMILES string of the molecule is O=C(NCCCC[C@H](NC(=O)c1ccc(F)cc1)c1nc2ccccc2[nH]1)OCc1ccccc1. The predicted molar refractivity (Wildman–Crippen MR) is 131 cm³/mol. The van der Waals surface area contributed by atoms with E-state index in [0.717, 1.165) is 23.0 Å². The molecule has 0 aliphatic carbocycles. The zero-order chi connectivity index (χ0) is 24.5. The van der Waals surface area contributed by atoms with Gasteiger partial charge in [-0.2, -0.15) is 0 Å². The second-order valence-corrected chi connectivity index (χ2v) is 8.16. The Kier molecular flexibility index (Phi) is 8.06. The average Bonchev–Trinajstić information content (AvgIpc) is 3.32. The molecule has 0 aliphatic heterocycles. The minimum absolute atomic E-state index is 0.218. The fraction of sp³-hybridized carbons (Fsp3) is 0.222. The molecule has 180 valence electrons. The lowest BCUT2D eigenvalue weighted by Gasteiger charge is -2.17. The van der Waals surface area contributed by atoms with Crippen LogP contribution in [0.15, 0.2) is 78.9 Å². The number of aromatic nitrogens is 2. The zero-order valence-electron chi connectivity index (χ0n) is 19.2. The summed E-state index contributed by atoms with van der Waals surface area (Å²) < 4.78 is 18.5. The molecule has 35 heavy (non-hydrogen) atoms. The molecule has 3 aromatic carbocycles. The molecule has 0 fully saturated rings. The molecule has 1 atom stereocenters. The minimum atomic E-state index is -0.465. The molecule has 0 unspecified atom stereocenters. The van der Waals surface area contributed by atoms with E-state index in [0.29, 0.717) is 30.8 Å². The highest BCUT2D eigenvalue weighted by Crippen LogP contribution is 2.21. The number of fused-ring (bicyclic) bond motifs is 1. The normalized spacial score (nSPS) is 11.7. The van der Waals surface area contributed by atoms with Crippen LogP contribution in [0.3, 0.4) is 0 Å². The van der Waals surface area contributed by atoms with E-state index in [9.17, 15) is 14.0 Å². The van der Waals surface area contributed by atoms with Crippen LogP contribution in [-0.2, 0) is 11.3 Å². The van der Waals surface area contributed by atoms with Crippen molar-refractivity contribution < 1.29 is 18.7 Å². The summed E-state index contributed by atoms with van der Waals surface area (Å²) in [4.78, 5) is 32.6. The van der Waals surface area contributed by atoms with Gasteiger partial charge in [0.1, 0.15) is 18.2 Å². The van der Waals surface area contributed by atoms with E-state index in [2.05, 4.69) is 20.6 Å². The second kappa shape index (κ2) is 11.8. The smallest absolute Gasteiger partial charge is 0.407 e. The van der Waals surface area contributed by atoms with E-state index < -0.39 is 11.9 Å². The van der Waals surface area contributed by atoms with Gasteiger partial charge in [-0.25, -0.2) is 14.2 Å². The summed E-state index contributed by atoms with van der Waals surface area (Å²) in [6.45, 7) is 0.669. The summed E-state index contributed by atoms with van der Waals surface area (Å²) in [5.41, 5.74) is 2.99. The number of benzene rings is 3. The molecule has 3 N–H and O–H groups in total. The van der Waals surface area contributed by atoms with Gasteiger partial charge in [0, 0.05) is 12.1 Å². The number of ether oxygens (including phenoxy) is 1. The standard InChI is InChI=1S/C27H27FN4O3/c28-21-15-13-20(14-16-21)26(33)32-24(25-30-22-10-4-5-11-23(22)31-25)12-6-7-17-29-27(34)35-18-19-8-2-1-3-9-19/h1-5,8-11,13-16,24H,6-7,12,17-18H2,(H,29,34)(H,30,31)(H,32,33)/t24-/m0/s1. The maximum absolute atomic E-state index is 13.2. The number of aromatic amines is 1. The Morgan fingerprint density at radius 3 is 2.46 bits per heavy atom. The largest absolute Gasteiger partial charge is 0.445 e. The molecule has 0 bridgehead atoms. The first kappa shape index (κ1) is 23.9. The molecule has 4 aromatic rings. The van der Waals surface area contributed by atoms with E-state index in [-0.39, 0.29) is 18.6 Å². The van der Waals surface area contributed by atoms with Crippen LogP contribution in [0.5, 0.6) is 0 Å². The van der Waals surface area contributed by atoms with Crippen LogP contribution in [0.1, 0.15) is 47.1 Å². The number of imidazole rings is 1. The van der Waals surface area contributed by atoms with Crippen molar-refractivity contribution in [3.63, 3.8) is 0 Å². The van der Waals surface area contributed by atoms with Gasteiger partial charge in [-0.1, -0.05) is 42.5 Å². The lowest BCUT2D eigenvalue weighted by molar-refractivity contribution is 0.0932. The van der Waals surface area contributed by atoms with E-state index in [4.69, 9.17) is 4.74 Å². The molecule has 8 heteroatoms. The summed E-state index contributed by atoms with van der Waals surface area (Å²) in [5.74, 6) is -0.0554. The lowest BCUT2D eigenvalue weighted by Crippen LogP contribution is -2.30. The number of H-pyrrole nitrogens is 1. The minimum Gasteiger partial charge on any atom is -0.445 e. The van der Waals surface area contributed by atoms with Gasteiger partial charge in [0.15, 0.2) is 0 Å². The molecular formula is C27H27FN4O3. The van der Waals surface area contributed by atoms with Gasteiger partial charge in [0.05, 0.1) is 17.1 Å². The van der Waals surface area contributed by atoms with Gasteiger partial charge < -0.3 is 20.4 Å². The Balaban J connectivity index is 1.30. The molecule has 1 aromatic heterocycles. The van der Waals surface area contributed by atoms with Crippen LogP contribution in [0.4, 0.5) is 9.18 Å². The zero-order valence-corrected chi connectivity index (χ0v) is 19.2. The molecule has 0 saturated carbocycles. The third-order valence-corrected chi connectivity index (χ3v) is 5.55. The van der Waals surface area contributed by atoms with Crippen LogP contribution in [0.25, 0.3) is 11.0 Å². The van der Waals surface area contributed by atoms with E-state index >= 15 is 0 Å². The first-order valence-electron chi connectivity index (χ1n) is 11.5.